The van der Waals surface area contributed by atoms with Crippen molar-refractivity contribution in [1.82, 2.24) is 9.97 Å². The molecular formula is C13H17N3S. The topological polar surface area (TPSA) is 51.8 Å². The lowest BCUT2D eigenvalue weighted by Gasteiger charge is -2.25. The molecule has 3 nitrogen and oxygen atoms in total. The molecule has 0 radical (unpaired) electrons. The molecule has 2 heterocycles. The Morgan fingerprint density at radius 2 is 2.12 bits per heavy atom. The van der Waals surface area contributed by atoms with Crippen molar-refractivity contribution in [2.75, 3.05) is 0 Å². The van der Waals surface area contributed by atoms with E-state index in [0.717, 1.165) is 15.4 Å². The summed E-state index contributed by atoms with van der Waals surface area (Å²) in [5.41, 5.74) is 7.34. The fourth-order valence-corrected chi connectivity index (χ4v) is 3.63. The number of aromatic nitrogens is 2. The molecule has 0 aromatic carbocycles. The lowest BCUT2D eigenvalue weighted by atomic mass is 9.84. The number of hydrogen-bond acceptors (Lipinski definition) is 4. The highest BCUT2D eigenvalue weighted by Crippen LogP contribution is 2.35. The number of nitrogens with two attached hydrogens (primary N) is 1. The van der Waals surface area contributed by atoms with Crippen molar-refractivity contribution in [2.24, 2.45) is 11.7 Å². The molecule has 17 heavy (non-hydrogen) atoms. The number of fused-ring (bicyclic) bond motifs is 1. The summed E-state index contributed by atoms with van der Waals surface area (Å²) in [6.07, 6.45) is 8.33. The largest absolute Gasteiger partial charge is 0.322 e. The van der Waals surface area contributed by atoms with E-state index in [0.29, 0.717) is 5.92 Å². The maximum absolute atomic E-state index is 6.35. The zero-order chi connectivity index (χ0) is 11.7. The van der Waals surface area contributed by atoms with E-state index in [1.165, 1.54) is 32.1 Å². The summed E-state index contributed by atoms with van der Waals surface area (Å²) in [7, 11) is 0. The summed E-state index contributed by atoms with van der Waals surface area (Å²) in [5, 5.41) is 1.06. The van der Waals surface area contributed by atoms with Crippen LogP contribution in [0.3, 0.4) is 0 Å². The highest BCUT2D eigenvalue weighted by Gasteiger charge is 2.24. The van der Waals surface area contributed by atoms with Gasteiger partial charge >= 0.3 is 0 Å². The third-order valence-corrected chi connectivity index (χ3v) is 4.71. The third-order valence-electron chi connectivity index (χ3n) is 3.63. The zero-order valence-corrected chi connectivity index (χ0v) is 10.6. The second-order valence-corrected chi connectivity index (χ2v) is 5.81. The first-order chi connectivity index (χ1) is 8.34. The lowest BCUT2D eigenvalue weighted by Crippen LogP contribution is -2.23. The van der Waals surface area contributed by atoms with Gasteiger partial charge in [0.25, 0.3) is 0 Å². The average molecular weight is 247 g/mol. The Bertz CT molecular complexity index is 469. The van der Waals surface area contributed by atoms with E-state index in [1.54, 1.807) is 11.3 Å². The smallest absolute Gasteiger partial charge is 0.143 e. The molecule has 90 valence electrons. The van der Waals surface area contributed by atoms with Crippen LogP contribution in [-0.2, 0) is 0 Å². The molecule has 1 unspecified atom stereocenters. The maximum atomic E-state index is 6.35. The molecule has 4 heteroatoms. The van der Waals surface area contributed by atoms with Crippen LogP contribution in [-0.4, -0.2) is 9.97 Å². The van der Waals surface area contributed by atoms with Crippen molar-refractivity contribution in [2.45, 2.75) is 38.1 Å². The molecule has 1 atom stereocenters. The first-order valence-electron chi connectivity index (χ1n) is 6.31. The fourth-order valence-electron chi connectivity index (χ4n) is 2.62. The van der Waals surface area contributed by atoms with Crippen molar-refractivity contribution >= 4 is 21.7 Å². The van der Waals surface area contributed by atoms with E-state index in [2.05, 4.69) is 9.97 Å². The van der Waals surface area contributed by atoms with Gasteiger partial charge in [-0.15, -0.1) is 0 Å². The minimum absolute atomic E-state index is 0.106. The molecule has 3 rings (SSSR count). The van der Waals surface area contributed by atoms with Crippen molar-refractivity contribution in [1.29, 1.82) is 0 Å². The average Bonchev–Trinajstić information content (AvgIpc) is 2.82. The molecule has 2 aromatic rings. The van der Waals surface area contributed by atoms with Gasteiger partial charge in [-0.25, -0.2) is 9.97 Å². The normalized spacial score (nSPS) is 19.6. The number of nitrogens with zero attached hydrogens (tertiary/aromatic N) is 2. The van der Waals surface area contributed by atoms with Crippen molar-refractivity contribution in [3.05, 3.63) is 23.3 Å². The van der Waals surface area contributed by atoms with Gasteiger partial charge in [0, 0.05) is 6.20 Å². The Morgan fingerprint density at radius 3 is 2.88 bits per heavy atom. The van der Waals surface area contributed by atoms with Crippen LogP contribution in [0.25, 0.3) is 10.3 Å². The molecular weight excluding hydrogens is 230 g/mol. The van der Waals surface area contributed by atoms with Crippen LogP contribution < -0.4 is 5.73 Å². The molecule has 2 N–H and O–H groups in total. The quantitative estimate of drug-likeness (QED) is 0.886. The third kappa shape index (κ3) is 2.19. The molecule has 0 saturated heterocycles. The van der Waals surface area contributed by atoms with Crippen molar-refractivity contribution in [3.63, 3.8) is 0 Å². The highest BCUT2D eigenvalue weighted by molar-refractivity contribution is 7.18. The summed E-state index contributed by atoms with van der Waals surface area (Å²) < 4.78 is 0. The van der Waals surface area contributed by atoms with Gasteiger partial charge in [-0.05, 0) is 30.9 Å². The van der Waals surface area contributed by atoms with Gasteiger partial charge in [-0.2, -0.15) is 0 Å². The van der Waals surface area contributed by atoms with Crippen LogP contribution in [0.4, 0.5) is 0 Å². The Kier molecular flexibility index (Phi) is 3.07. The predicted molar refractivity (Wildman–Crippen MR) is 70.9 cm³/mol. The summed E-state index contributed by atoms with van der Waals surface area (Å²) in [6.45, 7) is 0. The zero-order valence-electron chi connectivity index (χ0n) is 9.80. The van der Waals surface area contributed by atoms with Gasteiger partial charge in [0.1, 0.15) is 15.4 Å². The van der Waals surface area contributed by atoms with E-state index in [9.17, 15) is 0 Å². The number of pyridine rings is 1. The van der Waals surface area contributed by atoms with Crippen LogP contribution in [0.2, 0.25) is 0 Å². The van der Waals surface area contributed by atoms with E-state index in [1.807, 2.05) is 18.3 Å². The first-order valence-corrected chi connectivity index (χ1v) is 7.13. The van der Waals surface area contributed by atoms with Gasteiger partial charge in [-0.3, -0.25) is 0 Å². The second-order valence-electron chi connectivity index (χ2n) is 4.80. The number of hydrogen-bond donors (Lipinski definition) is 1. The van der Waals surface area contributed by atoms with Gasteiger partial charge in [0.15, 0.2) is 0 Å². The predicted octanol–water partition coefficient (Wildman–Crippen LogP) is 3.27. The monoisotopic (exact) mass is 247 g/mol. The number of rotatable bonds is 2. The minimum atomic E-state index is 0.106. The van der Waals surface area contributed by atoms with Crippen LogP contribution >= 0.6 is 11.3 Å². The first kappa shape index (κ1) is 11.1. The van der Waals surface area contributed by atoms with Gasteiger partial charge in [0.05, 0.1) is 6.04 Å². The summed E-state index contributed by atoms with van der Waals surface area (Å²) in [4.78, 5) is 9.96. The van der Waals surface area contributed by atoms with Crippen LogP contribution in [0.5, 0.6) is 0 Å². The van der Waals surface area contributed by atoms with Crippen molar-refractivity contribution in [3.8, 4) is 0 Å². The fraction of sp³-hybridized carbons (Fsp3) is 0.538. The molecule has 0 amide bonds. The Morgan fingerprint density at radius 1 is 1.29 bits per heavy atom. The molecule has 0 spiro atoms. The van der Waals surface area contributed by atoms with E-state index in [4.69, 9.17) is 5.73 Å². The summed E-state index contributed by atoms with van der Waals surface area (Å²) in [6, 6.07) is 4.04. The lowest BCUT2D eigenvalue weighted by molar-refractivity contribution is 0.308. The minimum Gasteiger partial charge on any atom is -0.322 e. The Labute approximate surface area is 105 Å². The van der Waals surface area contributed by atoms with Gasteiger partial charge in [-0.1, -0.05) is 30.6 Å². The second kappa shape index (κ2) is 4.70. The van der Waals surface area contributed by atoms with Crippen LogP contribution in [0.15, 0.2) is 18.3 Å². The van der Waals surface area contributed by atoms with E-state index < -0.39 is 0 Å². The molecule has 0 bridgehead atoms. The molecule has 2 aromatic heterocycles. The maximum Gasteiger partial charge on any atom is 0.143 e. The molecule has 1 aliphatic carbocycles. The Balaban J connectivity index is 1.86. The van der Waals surface area contributed by atoms with Crippen LogP contribution in [0.1, 0.15) is 43.2 Å². The van der Waals surface area contributed by atoms with E-state index >= 15 is 0 Å². The van der Waals surface area contributed by atoms with Gasteiger partial charge in [0.2, 0.25) is 0 Å². The molecule has 1 fully saturated rings. The van der Waals surface area contributed by atoms with Crippen LogP contribution in [0, 0.1) is 5.92 Å². The highest BCUT2D eigenvalue weighted by atomic mass is 32.1. The molecule has 0 aliphatic heterocycles. The summed E-state index contributed by atoms with van der Waals surface area (Å²) >= 11 is 1.65. The van der Waals surface area contributed by atoms with Gasteiger partial charge < -0.3 is 5.73 Å². The molecule has 1 saturated carbocycles. The van der Waals surface area contributed by atoms with E-state index in [-0.39, 0.29) is 6.04 Å². The van der Waals surface area contributed by atoms with Crippen molar-refractivity contribution < 1.29 is 0 Å². The summed E-state index contributed by atoms with van der Waals surface area (Å²) in [5.74, 6) is 0.615. The Hall–Kier alpha value is -1.00. The molecule has 1 aliphatic rings. The standard InChI is InChI=1S/C13H17N3S/c14-11(9-5-2-1-3-6-9)13-16-10-7-4-8-15-12(10)17-13/h4,7-9,11H,1-3,5-6,14H2. The number of thiazole rings is 1. The SMILES string of the molecule is NC(c1nc2cccnc2s1)C1CCCCC1.